The van der Waals surface area contributed by atoms with Gasteiger partial charge in [0.15, 0.2) is 5.65 Å². The van der Waals surface area contributed by atoms with E-state index in [1.54, 1.807) is 10.7 Å². The number of carbonyl (C=O) groups is 1. The van der Waals surface area contributed by atoms with Crippen LogP contribution in [0.15, 0.2) is 54.7 Å². The Balaban J connectivity index is 1.33. The summed E-state index contributed by atoms with van der Waals surface area (Å²) in [5.41, 5.74) is 4.27. The zero-order valence-electron chi connectivity index (χ0n) is 20.8. The Morgan fingerprint density at radius 2 is 1.89 bits per heavy atom. The van der Waals surface area contributed by atoms with Crippen LogP contribution >= 0.6 is 0 Å². The number of ether oxygens (including phenoxy) is 2. The van der Waals surface area contributed by atoms with Gasteiger partial charge < -0.3 is 20.1 Å². The first-order valence-electron chi connectivity index (χ1n) is 12.9. The summed E-state index contributed by atoms with van der Waals surface area (Å²) in [6, 6.07) is 15.7. The third-order valence-electron chi connectivity index (χ3n) is 6.93. The number of fused-ring (bicyclic) bond motifs is 1. The number of aromatic nitrogens is 4. The number of carbonyl (C=O) groups excluding carboxylic acids is 1. The van der Waals surface area contributed by atoms with Crippen molar-refractivity contribution >= 4 is 23.2 Å². The normalized spacial score (nSPS) is 16.0. The average molecular weight is 499 g/mol. The van der Waals surface area contributed by atoms with E-state index in [0.717, 1.165) is 67.8 Å². The maximum absolute atomic E-state index is 12.2. The maximum atomic E-state index is 12.2. The van der Waals surface area contributed by atoms with Gasteiger partial charge in [0.25, 0.3) is 0 Å². The average Bonchev–Trinajstić information content (AvgIpc) is 3.69. The molecule has 2 aromatic heterocycles. The van der Waals surface area contributed by atoms with Gasteiger partial charge in [-0.15, -0.1) is 0 Å². The number of aryl methyl sites for hydroxylation is 1. The van der Waals surface area contributed by atoms with Gasteiger partial charge in [0.2, 0.25) is 11.9 Å². The van der Waals surface area contributed by atoms with E-state index in [0.29, 0.717) is 23.3 Å². The quantitative estimate of drug-likeness (QED) is 0.349. The van der Waals surface area contributed by atoms with Gasteiger partial charge in [-0.2, -0.15) is 19.6 Å². The van der Waals surface area contributed by atoms with E-state index < -0.39 is 0 Å². The van der Waals surface area contributed by atoms with Crippen LogP contribution in [0.3, 0.4) is 0 Å². The topological polar surface area (TPSA) is 103 Å². The van der Waals surface area contributed by atoms with Crippen molar-refractivity contribution in [2.45, 2.75) is 32.6 Å². The van der Waals surface area contributed by atoms with Crippen molar-refractivity contribution in [1.82, 2.24) is 19.6 Å². The van der Waals surface area contributed by atoms with Gasteiger partial charge in [-0.05, 0) is 73.9 Å². The van der Waals surface area contributed by atoms with Crippen LogP contribution in [0, 0.1) is 18.8 Å². The Morgan fingerprint density at radius 1 is 1.08 bits per heavy atom. The molecule has 2 aliphatic rings. The number of hydrogen-bond acceptors (Lipinski definition) is 7. The van der Waals surface area contributed by atoms with Gasteiger partial charge in [-0.3, -0.25) is 4.79 Å². The second-order valence-corrected chi connectivity index (χ2v) is 9.77. The minimum absolute atomic E-state index is 0.0996. The standard InChI is InChI=1S/C28H30N6O3/c1-18-15-21(9-10-24(18)31-26(35)20-7-8-20)23-17-30-34-25(23)32-28(37-22-5-3-2-4-6-22)33-27(34)29-16-19-11-13-36-14-12-19/h2-6,9-10,15,17,19-20H,7-8,11-14,16H2,1H3,(H,31,35)(H,29,32,33). The number of rotatable bonds is 8. The van der Waals surface area contributed by atoms with Crippen LogP contribution < -0.4 is 15.4 Å². The number of nitrogens with zero attached hydrogens (tertiary/aromatic N) is 4. The van der Waals surface area contributed by atoms with Crippen LogP contribution in [0.2, 0.25) is 0 Å². The molecule has 3 heterocycles. The maximum Gasteiger partial charge on any atom is 0.327 e. The van der Waals surface area contributed by atoms with Crippen molar-refractivity contribution in [3.05, 3.63) is 60.3 Å². The minimum atomic E-state index is 0.0996. The van der Waals surface area contributed by atoms with Crippen LogP contribution in [0.25, 0.3) is 16.8 Å². The monoisotopic (exact) mass is 498 g/mol. The molecule has 1 saturated heterocycles. The lowest BCUT2D eigenvalue weighted by atomic mass is 10.0. The molecule has 0 unspecified atom stereocenters. The lowest BCUT2D eigenvalue weighted by molar-refractivity contribution is -0.117. The number of hydrogen-bond donors (Lipinski definition) is 2. The fraction of sp³-hybridized carbons (Fsp3) is 0.357. The van der Waals surface area contributed by atoms with Crippen LogP contribution in [-0.2, 0) is 9.53 Å². The second-order valence-electron chi connectivity index (χ2n) is 9.77. The van der Waals surface area contributed by atoms with E-state index in [4.69, 9.17) is 14.5 Å². The Hall–Kier alpha value is -3.98. The number of para-hydroxylation sites is 1. The van der Waals surface area contributed by atoms with Crippen molar-refractivity contribution < 1.29 is 14.3 Å². The summed E-state index contributed by atoms with van der Waals surface area (Å²) in [6.45, 7) is 4.34. The Bertz CT molecular complexity index is 1410. The molecule has 1 saturated carbocycles. The zero-order valence-corrected chi connectivity index (χ0v) is 20.8. The van der Waals surface area contributed by atoms with Gasteiger partial charge in [0.1, 0.15) is 5.75 Å². The molecule has 1 aliphatic carbocycles. The Morgan fingerprint density at radius 3 is 2.65 bits per heavy atom. The molecular formula is C28H30N6O3. The highest BCUT2D eigenvalue weighted by Crippen LogP contribution is 2.33. The third kappa shape index (κ3) is 5.27. The van der Waals surface area contributed by atoms with Crippen LogP contribution in [0.1, 0.15) is 31.2 Å². The number of benzene rings is 2. The van der Waals surface area contributed by atoms with Crippen molar-refractivity contribution in [1.29, 1.82) is 0 Å². The Labute approximate surface area is 215 Å². The lowest BCUT2D eigenvalue weighted by Gasteiger charge is -2.22. The largest absolute Gasteiger partial charge is 0.424 e. The van der Waals surface area contributed by atoms with Crippen molar-refractivity contribution in [3.8, 4) is 22.9 Å². The van der Waals surface area contributed by atoms with Crippen molar-refractivity contribution in [3.63, 3.8) is 0 Å². The van der Waals surface area contributed by atoms with Crippen LogP contribution in [-0.4, -0.2) is 45.2 Å². The summed E-state index contributed by atoms with van der Waals surface area (Å²) < 4.78 is 13.2. The first-order chi connectivity index (χ1) is 18.1. The molecule has 0 atom stereocenters. The highest BCUT2D eigenvalue weighted by atomic mass is 16.5. The molecule has 37 heavy (non-hydrogen) atoms. The van der Waals surface area contributed by atoms with Crippen LogP contribution in [0.4, 0.5) is 11.6 Å². The number of anilines is 2. The summed E-state index contributed by atoms with van der Waals surface area (Å²) in [6.07, 6.45) is 5.78. The third-order valence-corrected chi connectivity index (χ3v) is 6.93. The fourth-order valence-corrected chi connectivity index (χ4v) is 4.55. The molecule has 190 valence electrons. The van der Waals surface area contributed by atoms with Gasteiger partial charge in [0, 0.05) is 36.9 Å². The minimum Gasteiger partial charge on any atom is -0.424 e. The fourth-order valence-electron chi connectivity index (χ4n) is 4.55. The first kappa shape index (κ1) is 23.4. The van der Waals surface area contributed by atoms with Gasteiger partial charge >= 0.3 is 6.01 Å². The molecular weight excluding hydrogens is 468 g/mol. The summed E-state index contributed by atoms with van der Waals surface area (Å²) in [5.74, 6) is 2.01. The van der Waals surface area contributed by atoms with Gasteiger partial charge in [0.05, 0.1) is 6.20 Å². The zero-order chi connectivity index (χ0) is 25.2. The van der Waals surface area contributed by atoms with E-state index >= 15 is 0 Å². The van der Waals surface area contributed by atoms with Crippen LogP contribution in [0.5, 0.6) is 11.8 Å². The molecule has 4 aromatic rings. The SMILES string of the molecule is Cc1cc(-c2cnn3c(NCC4CCOCC4)nc(Oc4ccccc4)nc23)ccc1NC(=O)C1CC1. The predicted octanol–water partition coefficient (Wildman–Crippen LogP) is 5.08. The lowest BCUT2D eigenvalue weighted by Crippen LogP contribution is -2.24. The molecule has 2 N–H and O–H groups in total. The summed E-state index contributed by atoms with van der Waals surface area (Å²) in [7, 11) is 0. The molecule has 0 radical (unpaired) electrons. The van der Waals surface area contributed by atoms with Crippen molar-refractivity contribution in [2.75, 3.05) is 30.4 Å². The number of amides is 1. The van der Waals surface area contributed by atoms with Gasteiger partial charge in [-0.1, -0.05) is 24.3 Å². The summed E-state index contributed by atoms with van der Waals surface area (Å²) >= 11 is 0. The number of nitrogens with one attached hydrogen (secondary N) is 2. The molecule has 2 fully saturated rings. The molecule has 9 heteroatoms. The molecule has 1 aliphatic heterocycles. The highest BCUT2D eigenvalue weighted by molar-refractivity contribution is 5.95. The first-order valence-corrected chi connectivity index (χ1v) is 12.9. The van der Waals surface area contributed by atoms with Crippen molar-refractivity contribution in [2.24, 2.45) is 11.8 Å². The van der Waals surface area contributed by atoms with E-state index in [1.807, 2.05) is 49.4 Å². The van der Waals surface area contributed by atoms with E-state index in [1.165, 1.54) is 0 Å². The molecule has 6 rings (SSSR count). The molecule has 1 amide bonds. The highest BCUT2D eigenvalue weighted by Gasteiger charge is 2.29. The van der Waals surface area contributed by atoms with Gasteiger partial charge in [-0.25, -0.2) is 0 Å². The molecule has 0 bridgehead atoms. The summed E-state index contributed by atoms with van der Waals surface area (Å²) in [5, 5.41) is 11.1. The molecule has 0 spiro atoms. The summed E-state index contributed by atoms with van der Waals surface area (Å²) in [4.78, 5) is 21.6. The van der Waals surface area contributed by atoms with E-state index in [2.05, 4.69) is 26.8 Å². The van der Waals surface area contributed by atoms with E-state index in [-0.39, 0.29) is 17.8 Å². The van der Waals surface area contributed by atoms with E-state index in [9.17, 15) is 4.79 Å². The smallest absolute Gasteiger partial charge is 0.327 e. The molecule has 9 nitrogen and oxygen atoms in total. The predicted molar refractivity (Wildman–Crippen MR) is 141 cm³/mol. The Kier molecular flexibility index (Phi) is 6.44. The molecule has 2 aromatic carbocycles. The second kappa shape index (κ2) is 10.2.